The van der Waals surface area contributed by atoms with Gasteiger partial charge in [-0.25, -0.2) is 4.98 Å². The van der Waals surface area contributed by atoms with E-state index < -0.39 is 0 Å². The molecule has 0 saturated carbocycles. The predicted octanol–water partition coefficient (Wildman–Crippen LogP) is 2.40. The summed E-state index contributed by atoms with van der Waals surface area (Å²) in [7, 11) is 0. The van der Waals surface area contributed by atoms with Crippen LogP contribution in [0.25, 0.3) is 0 Å². The molecule has 3 N–H and O–H groups in total. The molecule has 0 radical (unpaired) electrons. The van der Waals surface area contributed by atoms with Crippen molar-refractivity contribution in [1.82, 2.24) is 25.1 Å². The number of H-pyrrole nitrogens is 2. The number of amides is 1. The van der Waals surface area contributed by atoms with Crippen LogP contribution in [0.2, 0.25) is 0 Å². The van der Waals surface area contributed by atoms with Crippen LogP contribution < -0.4 is 5.32 Å². The van der Waals surface area contributed by atoms with Crippen molar-refractivity contribution in [2.75, 3.05) is 18.4 Å². The Bertz CT molecular complexity index is 734. The molecule has 134 valence electrons. The molecule has 1 unspecified atom stereocenters. The Morgan fingerprint density at radius 2 is 2.12 bits per heavy atom. The first-order valence-corrected chi connectivity index (χ1v) is 9.25. The van der Waals surface area contributed by atoms with Gasteiger partial charge in [0.15, 0.2) is 0 Å². The molecule has 1 fully saturated rings. The van der Waals surface area contributed by atoms with Gasteiger partial charge in [-0.2, -0.15) is 5.10 Å². The lowest BCUT2D eigenvalue weighted by Gasteiger charge is -2.22. The number of nitrogens with one attached hydrogen (secondary N) is 3. The summed E-state index contributed by atoms with van der Waals surface area (Å²) in [5.41, 5.74) is 5.06. The number of rotatable bonds is 4. The minimum atomic E-state index is 0.0100. The second kappa shape index (κ2) is 6.63. The molecule has 1 atom stereocenters. The summed E-state index contributed by atoms with van der Waals surface area (Å²) in [5, 5.41) is 10.0. The van der Waals surface area contributed by atoms with Crippen molar-refractivity contribution in [1.29, 1.82) is 0 Å². The highest BCUT2D eigenvalue weighted by atomic mass is 16.2. The van der Waals surface area contributed by atoms with Crippen molar-refractivity contribution in [3.05, 3.63) is 28.6 Å². The zero-order valence-electron chi connectivity index (χ0n) is 15.0. The molecule has 4 rings (SSSR count). The molecule has 25 heavy (non-hydrogen) atoms. The van der Waals surface area contributed by atoms with Crippen LogP contribution in [0.1, 0.15) is 60.3 Å². The quantitative estimate of drug-likeness (QED) is 0.796. The molecule has 7 heteroatoms. The van der Waals surface area contributed by atoms with Gasteiger partial charge in [-0.05, 0) is 58.9 Å². The molecular weight excluding hydrogens is 316 g/mol. The Morgan fingerprint density at radius 3 is 2.88 bits per heavy atom. The van der Waals surface area contributed by atoms with E-state index in [0.29, 0.717) is 6.54 Å². The maximum atomic E-state index is 12.5. The molecule has 2 aromatic rings. The number of aryl methyl sites for hydroxylation is 4. The SMILES string of the molecule is Cc1n[nH]c(C)c1NC(=O)CN1CCCC1c1nc2c([nH]1)CCCC2. The van der Waals surface area contributed by atoms with Crippen LogP contribution in [0, 0.1) is 13.8 Å². The normalized spacial score (nSPS) is 20.6. The molecule has 0 aromatic carbocycles. The van der Waals surface area contributed by atoms with E-state index in [1.54, 1.807) is 0 Å². The molecule has 3 heterocycles. The summed E-state index contributed by atoms with van der Waals surface area (Å²) in [5.74, 6) is 1.06. The van der Waals surface area contributed by atoms with Crippen LogP contribution in [0.4, 0.5) is 5.69 Å². The van der Waals surface area contributed by atoms with E-state index in [9.17, 15) is 4.79 Å². The Hall–Kier alpha value is -2.15. The van der Waals surface area contributed by atoms with Gasteiger partial charge in [0.25, 0.3) is 0 Å². The van der Waals surface area contributed by atoms with Gasteiger partial charge in [0.1, 0.15) is 5.82 Å². The average Bonchev–Trinajstić information content (AvgIpc) is 3.29. The summed E-state index contributed by atoms with van der Waals surface area (Å²) < 4.78 is 0. The Balaban J connectivity index is 1.44. The molecule has 0 spiro atoms. The van der Waals surface area contributed by atoms with Gasteiger partial charge in [0.2, 0.25) is 5.91 Å². The number of aromatic nitrogens is 4. The summed E-state index contributed by atoms with van der Waals surface area (Å²) in [6.07, 6.45) is 6.83. The third kappa shape index (κ3) is 3.20. The number of carbonyl (C=O) groups is 1. The minimum absolute atomic E-state index is 0.0100. The zero-order chi connectivity index (χ0) is 17.4. The topological polar surface area (TPSA) is 89.7 Å². The number of anilines is 1. The second-order valence-corrected chi connectivity index (χ2v) is 7.24. The van der Waals surface area contributed by atoms with E-state index in [0.717, 1.165) is 55.1 Å². The highest BCUT2D eigenvalue weighted by Crippen LogP contribution is 2.32. The lowest BCUT2D eigenvalue weighted by molar-refractivity contribution is -0.117. The summed E-state index contributed by atoms with van der Waals surface area (Å²) in [6.45, 7) is 5.14. The number of imidazole rings is 1. The standard InChI is InChI=1S/C18H26N6O/c1-11-17(12(2)23-22-11)21-16(25)10-24-9-5-8-15(24)18-19-13-6-3-4-7-14(13)20-18/h15H,3-10H2,1-2H3,(H,19,20)(H,21,25)(H,22,23). The van der Waals surface area contributed by atoms with Gasteiger partial charge in [-0.3, -0.25) is 14.8 Å². The van der Waals surface area contributed by atoms with Crippen LogP contribution >= 0.6 is 0 Å². The molecule has 1 aliphatic carbocycles. The van der Waals surface area contributed by atoms with Crippen molar-refractivity contribution in [3.63, 3.8) is 0 Å². The first kappa shape index (κ1) is 16.3. The van der Waals surface area contributed by atoms with Crippen molar-refractivity contribution < 1.29 is 4.79 Å². The number of carbonyl (C=O) groups excluding carboxylic acids is 1. The van der Waals surface area contributed by atoms with E-state index in [1.165, 1.54) is 24.2 Å². The summed E-state index contributed by atoms with van der Waals surface area (Å²) in [6, 6.07) is 0.225. The molecule has 2 aliphatic rings. The van der Waals surface area contributed by atoms with Gasteiger partial charge >= 0.3 is 0 Å². The molecule has 0 bridgehead atoms. The van der Waals surface area contributed by atoms with Crippen LogP contribution in [0.15, 0.2) is 0 Å². The van der Waals surface area contributed by atoms with Crippen molar-refractivity contribution in [3.8, 4) is 0 Å². The van der Waals surface area contributed by atoms with Crippen molar-refractivity contribution in [2.24, 2.45) is 0 Å². The molecule has 2 aromatic heterocycles. The molecular formula is C18H26N6O. The van der Waals surface area contributed by atoms with Gasteiger partial charge in [0.05, 0.1) is 35.4 Å². The van der Waals surface area contributed by atoms with E-state index in [2.05, 4.69) is 25.4 Å². The van der Waals surface area contributed by atoms with E-state index in [4.69, 9.17) is 4.98 Å². The fourth-order valence-electron chi connectivity index (χ4n) is 4.06. The maximum absolute atomic E-state index is 12.5. The lowest BCUT2D eigenvalue weighted by atomic mass is 10.0. The summed E-state index contributed by atoms with van der Waals surface area (Å²) >= 11 is 0. The highest BCUT2D eigenvalue weighted by molar-refractivity contribution is 5.93. The van der Waals surface area contributed by atoms with Crippen LogP contribution in [0.3, 0.4) is 0 Å². The van der Waals surface area contributed by atoms with Crippen LogP contribution in [-0.4, -0.2) is 44.1 Å². The summed E-state index contributed by atoms with van der Waals surface area (Å²) in [4.78, 5) is 23.2. The number of hydrogen-bond donors (Lipinski definition) is 3. The van der Waals surface area contributed by atoms with Gasteiger partial charge < -0.3 is 10.3 Å². The number of likely N-dealkylation sites (tertiary alicyclic amines) is 1. The Morgan fingerprint density at radius 1 is 1.28 bits per heavy atom. The first-order chi connectivity index (χ1) is 12.1. The predicted molar refractivity (Wildman–Crippen MR) is 95.5 cm³/mol. The molecule has 7 nitrogen and oxygen atoms in total. The fraction of sp³-hybridized carbons (Fsp3) is 0.611. The van der Waals surface area contributed by atoms with Gasteiger partial charge in [-0.15, -0.1) is 0 Å². The lowest BCUT2D eigenvalue weighted by Crippen LogP contribution is -2.33. The minimum Gasteiger partial charge on any atom is -0.344 e. The van der Waals surface area contributed by atoms with E-state index >= 15 is 0 Å². The van der Waals surface area contributed by atoms with Gasteiger partial charge in [-0.1, -0.05) is 0 Å². The number of fused-ring (bicyclic) bond motifs is 1. The molecule has 1 aliphatic heterocycles. The first-order valence-electron chi connectivity index (χ1n) is 9.25. The van der Waals surface area contributed by atoms with Crippen LogP contribution in [0.5, 0.6) is 0 Å². The monoisotopic (exact) mass is 342 g/mol. The third-order valence-electron chi connectivity index (χ3n) is 5.39. The average molecular weight is 342 g/mol. The van der Waals surface area contributed by atoms with Crippen LogP contribution in [-0.2, 0) is 17.6 Å². The number of hydrogen-bond acceptors (Lipinski definition) is 4. The van der Waals surface area contributed by atoms with Gasteiger partial charge in [0, 0.05) is 5.69 Å². The smallest absolute Gasteiger partial charge is 0.238 e. The number of aromatic amines is 2. The second-order valence-electron chi connectivity index (χ2n) is 7.24. The van der Waals surface area contributed by atoms with Crippen molar-refractivity contribution in [2.45, 2.75) is 58.4 Å². The Kier molecular flexibility index (Phi) is 4.33. The molecule has 1 saturated heterocycles. The van der Waals surface area contributed by atoms with E-state index in [-0.39, 0.29) is 11.9 Å². The third-order valence-corrected chi connectivity index (χ3v) is 5.39. The number of nitrogens with zero attached hydrogens (tertiary/aromatic N) is 3. The molecule has 1 amide bonds. The Labute approximate surface area is 147 Å². The van der Waals surface area contributed by atoms with E-state index in [1.807, 2.05) is 13.8 Å². The largest absolute Gasteiger partial charge is 0.344 e. The zero-order valence-corrected chi connectivity index (χ0v) is 15.0. The fourth-order valence-corrected chi connectivity index (χ4v) is 4.06. The van der Waals surface area contributed by atoms with Crippen molar-refractivity contribution >= 4 is 11.6 Å². The highest BCUT2D eigenvalue weighted by Gasteiger charge is 2.31. The maximum Gasteiger partial charge on any atom is 0.238 e.